The number of benzene rings is 1. The van der Waals surface area contributed by atoms with E-state index in [2.05, 4.69) is 77.0 Å². The van der Waals surface area contributed by atoms with Gasteiger partial charge in [-0.05, 0) is 49.4 Å². The zero-order valence-electron chi connectivity index (χ0n) is 14.3. The zero-order chi connectivity index (χ0) is 15.3. The van der Waals surface area contributed by atoms with E-state index in [0.29, 0.717) is 12.1 Å². The van der Waals surface area contributed by atoms with E-state index in [9.17, 15) is 0 Å². The quantitative estimate of drug-likeness (QED) is 0.796. The monoisotopic (exact) mass is 276 g/mol. The summed E-state index contributed by atoms with van der Waals surface area (Å²) in [6.07, 6.45) is 1.23. The van der Waals surface area contributed by atoms with Crippen molar-refractivity contribution in [2.75, 3.05) is 11.9 Å². The van der Waals surface area contributed by atoms with Crippen LogP contribution in [0.4, 0.5) is 5.69 Å². The van der Waals surface area contributed by atoms with E-state index in [1.54, 1.807) is 0 Å². The van der Waals surface area contributed by atoms with Crippen molar-refractivity contribution in [1.82, 2.24) is 5.32 Å². The van der Waals surface area contributed by atoms with Gasteiger partial charge < -0.3 is 10.2 Å². The minimum Gasteiger partial charge on any atom is -0.372 e. The number of hydrogen-bond donors (Lipinski definition) is 1. The van der Waals surface area contributed by atoms with Crippen LogP contribution in [-0.4, -0.2) is 19.1 Å². The van der Waals surface area contributed by atoms with E-state index in [-0.39, 0.29) is 0 Å². The van der Waals surface area contributed by atoms with Crippen molar-refractivity contribution in [2.45, 2.75) is 66.6 Å². The standard InChI is InChI=1S/C18H32N2/c1-13(2)10-16(6)20(7)18-9-8-17(15(5)11-18)12-19-14(3)4/h8-9,11,13-14,16,19H,10,12H2,1-7H3. The molecule has 0 fully saturated rings. The third-order valence-corrected chi connectivity index (χ3v) is 3.91. The Labute approximate surface area is 125 Å². The minimum absolute atomic E-state index is 0.530. The maximum atomic E-state index is 3.49. The van der Waals surface area contributed by atoms with Crippen LogP contribution in [-0.2, 0) is 6.54 Å². The van der Waals surface area contributed by atoms with Crippen molar-refractivity contribution >= 4 is 5.69 Å². The predicted molar refractivity (Wildman–Crippen MR) is 90.5 cm³/mol. The molecule has 0 aliphatic carbocycles. The molecule has 0 heterocycles. The second-order valence-corrected chi connectivity index (χ2v) is 6.74. The number of nitrogens with zero attached hydrogens (tertiary/aromatic N) is 1. The highest BCUT2D eigenvalue weighted by atomic mass is 15.1. The number of anilines is 1. The van der Waals surface area contributed by atoms with Crippen LogP contribution < -0.4 is 10.2 Å². The molecule has 0 radical (unpaired) electrons. The summed E-state index contributed by atoms with van der Waals surface area (Å²) >= 11 is 0. The van der Waals surface area contributed by atoms with Crippen molar-refractivity contribution < 1.29 is 0 Å². The zero-order valence-corrected chi connectivity index (χ0v) is 14.3. The first-order valence-electron chi connectivity index (χ1n) is 7.87. The van der Waals surface area contributed by atoms with Gasteiger partial charge in [0.05, 0.1) is 0 Å². The normalized spacial score (nSPS) is 13.1. The van der Waals surface area contributed by atoms with E-state index in [4.69, 9.17) is 0 Å². The third-order valence-electron chi connectivity index (χ3n) is 3.91. The molecular weight excluding hydrogens is 244 g/mol. The van der Waals surface area contributed by atoms with Crippen molar-refractivity contribution in [3.8, 4) is 0 Å². The largest absolute Gasteiger partial charge is 0.372 e. The first-order chi connectivity index (χ1) is 9.31. The van der Waals surface area contributed by atoms with Crippen molar-refractivity contribution in [3.63, 3.8) is 0 Å². The molecule has 2 nitrogen and oxygen atoms in total. The average Bonchev–Trinajstić information content (AvgIpc) is 2.35. The highest BCUT2D eigenvalue weighted by Crippen LogP contribution is 2.22. The summed E-state index contributed by atoms with van der Waals surface area (Å²) in [7, 11) is 2.20. The molecule has 1 unspecified atom stereocenters. The lowest BCUT2D eigenvalue weighted by atomic mass is 10.0. The van der Waals surface area contributed by atoms with Gasteiger partial charge in [0.2, 0.25) is 0 Å². The first kappa shape index (κ1) is 17.0. The van der Waals surface area contributed by atoms with Crippen LogP contribution in [0.3, 0.4) is 0 Å². The molecule has 1 N–H and O–H groups in total. The number of aryl methyl sites for hydroxylation is 1. The number of rotatable bonds is 7. The fourth-order valence-corrected chi connectivity index (χ4v) is 2.51. The van der Waals surface area contributed by atoms with Gasteiger partial charge in [0.15, 0.2) is 0 Å². The molecule has 0 aliphatic rings. The Kier molecular flexibility index (Phi) is 6.54. The van der Waals surface area contributed by atoms with E-state index in [1.807, 2.05) is 0 Å². The fraction of sp³-hybridized carbons (Fsp3) is 0.667. The van der Waals surface area contributed by atoms with Crippen LogP contribution in [0.1, 0.15) is 52.2 Å². The highest BCUT2D eigenvalue weighted by molar-refractivity contribution is 5.51. The molecule has 20 heavy (non-hydrogen) atoms. The molecule has 114 valence electrons. The Balaban J connectivity index is 2.75. The lowest BCUT2D eigenvalue weighted by Gasteiger charge is -2.29. The Morgan fingerprint density at radius 2 is 1.75 bits per heavy atom. The second kappa shape index (κ2) is 7.68. The van der Waals surface area contributed by atoms with Crippen LogP contribution >= 0.6 is 0 Å². The number of hydrogen-bond acceptors (Lipinski definition) is 2. The van der Waals surface area contributed by atoms with Gasteiger partial charge >= 0.3 is 0 Å². The molecular formula is C18H32N2. The molecule has 0 aliphatic heterocycles. The smallest absolute Gasteiger partial charge is 0.0368 e. The van der Waals surface area contributed by atoms with Gasteiger partial charge in [0, 0.05) is 31.4 Å². The van der Waals surface area contributed by atoms with E-state index in [0.717, 1.165) is 12.5 Å². The van der Waals surface area contributed by atoms with Gasteiger partial charge in [-0.1, -0.05) is 33.8 Å². The molecule has 0 amide bonds. The van der Waals surface area contributed by atoms with Crippen LogP contribution in [0, 0.1) is 12.8 Å². The SMILES string of the molecule is Cc1cc(N(C)C(C)CC(C)C)ccc1CNC(C)C. The summed E-state index contributed by atoms with van der Waals surface area (Å²) in [6, 6.07) is 7.94. The van der Waals surface area contributed by atoms with Crippen LogP contribution in [0.15, 0.2) is 18.2 Å². The fourth-order valence-electron chi connectivity index (χ4n) is 2.51. The summed E-state index contributed by atoms with van der Waals surface area (Å²) in [6.45, 7) is 14.4. The van der Waals surface area contributed by atoms with E-state index < -0.39 is 0 Å². The highest BCUT2D eigenvalue weighted by Gasteiger charge is 2.12. The summed E-state index contributed by atoms with van der Waals surface area (Å²) in [5.41, 5.74) is 4.09. The Hall–Kier alpha value is -1.02. The van der Waals surface area contributed by atoms with Gasteiger partial charge in [0.1, 0.15) is 0 Å². The lowest BCUT2D eigenvalue weighted by molar-refractivity contribution is 0.504. The molecule has 2 heteroatoms. The van der Waals surface area contributed by atoms with Crippen LogP contribution in [0.5, 0.6) is 0 Å². The predicted octanol–water partition coefficient (Wildman–Crippen LogP) is 4.36. The Morgan fingerprint density at radius 3 is 2.25 bits per heavy atom. The second-order valence-electron chi connectivity index (χ2n) is 6.74. The topological polar surface area (TPSA) is 15.3 Å². The summed E-state index contributed by atoms with van der Waals surface area (Å²) in [5, 5.41) is 3.49. The van der Waals surface area contributed by atoms with Crippen molar-refractivity contribution in [3.05, 3.63) is 29.3 Å². The molecule has 0 bridgehead atoms. The first-order valence-corrected chi connectivity index (χ1v) is 7.87. The maximum absolute atomic E-state index is 3.49. The van der Waals surface area contributed by atoms with Gasteiger partial charge in [-0.25, -0.2) is 0 Å². The molecule has 1 aromatic carbocycles. The Bertz CT molecular complexity index is 410. The minimum atomic E-state index is 0.530. The molecule has 1 atom stereocenters. The van der Waals surface area contributed by atoms with E-state index in [1.165, 1.54) is 23.2 Å². The van der Waals surface area contributed by atoms with Crippen molar-refractivity contribution in [1.29, 1.82) is 0 Å². The van der Waals surface area contributed by atoms with Gasteiger partial charge in [-0.15, -0.1) is 0 Å². The van der Waals surface area contributed by atoms with Gasteiger partial charge in [-0.3, -0.25) is 0 Å². The summed E-state index contributed by atoms with van der Waals surface area (Å²) in [4.78, 5) is 2.40. The molecule has 0 saturated carbocycles. The van der Waals surface area contributed by atoms with Gasteiger partial charge in [-0.2, -0.15) is 0 Å². The van der Waals surface area contributed by atoms with Crippen molar-refractivity contribution in [2.24, 2.45) is 5.92 Å². The molecule has 0 aromatic heterocycles. The van der Waals surface area contributed by atoms with Gasteiger partial charge in [0.25, 0.3) is 0 Å². The van der Waals surface area contributed by atoms with Crippen LogP contribution in [0.2, 0.25) is 0 Å². The van der Waals surface area contributed by atoms with Crippen LogP contribution in [0.25, 0.3) is 0 Å². The maximum Gasteiger partial charge on any atom is 0.0368 e. The lowest BCUT2D eigenvalue weighted by Crippen LogP contribution is -2.30. The molecule has 0 saturated heterocycles. The molecule has 1 aromatic rings. The average molecular weight is 276 g/mol. The third kappa shape index (κ3) is 5.16. The number of nitrogens with one attached hydrogen (secondary N) is 1. The summed E-state index contributed by atoms with van der Waals surface area (Å²) < 4.78 is 0. The Morgan fingerprint density at radius 1 is 1.10 bits per heavy atom. The molecule has 0 spiro atoms. The molecule has 1 rings (SSSR count). The van der Waals surface area contributed by atoms with E-state index >= 15 is 0 Å². The summed E-state index contributed by atoms with van der Waals surface area (Å²) in [5.74, 6) is 0.739.